The lowest BCUT2D eigenvalue weighted by Crippen LogP contribution is -2.28. The molecule has 1 aliphatic rings. The smallest absolute Gasteiger partial charge is 0.375 e. The molecular weight excluding hydrogens is 138 g/mol. The average molecular weight is 143 g/mol. The van der Waals surface area contributed by atoms with Gasteiger partial charge in [-0.15, -0.1) is 0 Å². The summed E-state index contributed by atoms with van der Waals surface area (Å²) in [6.07, 6.45) is -0.251. The number of rotatable bonds is 2. The zero-order valence-electron chi connectivity index (χ0n) is 4.99. The third-order valence-corrected chi connectivity index (χ3v) is 1.10. The van der Waals surface area contributed by atoms with Gasteiger partial charge in [0.25, 0.3) is 0 Å². The van der Waals surface area contributed by atoms with Crippen LogP contribution in [0.4, 0.5) is 4.79 Å². The lowest BCUT2D eigenvalue weighted by atomic mass is 10.2. The Morgan fingerprint density at radius 2 is 2.30 bits per heavy atom. The van der Waals surface area contributed by atoms with E-state index in [-0.39, 0.29) is 6.42 Å². The number of ether oxygens (including phenoxy) is 1. The minimum Gasteiger partial charge on any atom is -0.375 e. The molecule has 1 atom stereocenters. The van der Waals surface area contributed by atoms with Crippen molar-refractivity contribution in [3.8, 4) is 0 Å². The summed E-state index contributed by atoms with van der Waals surface area (Å²) in [7, 11) is 0. The van der Waals surface area contributed by atoms with Gasteiger partial charge in [-0.2, -0.15) is 0 Å². The molecule has 1 saturated heterocycles. The van der Waals surface area contributed by atoms with Gasteiger partial charge in [0.15, 0.2) is 0 Å². The van der Waals surface area contributed by atoms with E-state index >= 15 is 0 Å². The first-order chi connectivity index (χ1) is 4.74. The molecule has 0 aromatic carbocycles. The van der Waals surface area contributed by atoms with Crippen LogP contribution in [0.15, 0.2) is 0 Å². The molecule has 1 N–H and O–H groups in total. The maximum Gasteiger partial charge on any atom is 0.415 e. The number of carbonyl (C=O) groups is 3. The van der Waals surface area contributed by atoms with E-state index in [0.29, 0.717) is 6.29 Å². The molecule has 0 bridgehead atoms. The van der Waals surface area contributed by atoms with Crippen LogP contribution in [0.25, 0.3) is 0 Å². The van der Waals surface area contributed by atoms with Gasteiger partial charge in [-0.1, -0.05) is 0 Å². The van der Waals surface area contributed by atoms with Crippen molar-refractivity contribution in [3.63, 3.8) is 0 Å². The van der Waals surface area contributed by atoms with Crippen molar-refractivity contribution in [2.45, 2.75) is 12.5 Å². The van der Waals surface area contributed by atoms with E-state index in [1.807, 2.05) is 0 Å². The van der Waals surface area contributed by atoms with Crippen molar-refractivity contribution in [1.82, 2.24) is 5.32 Å². The number of hydrogen-bond donors (Lipinski definition) is 1. The number of aldehydes is 1. The normalized spacial score (nSPS) is 23.8. The number of hydrogen-bond acceptors (Lipinski definition) is 4. The summed E-state index contributed by atoms with van der Waals surface area (Å²) in [6, 6.07) is -0.773. The number of carbonyl (C=O) groups excluding carboxylic acids is 3. The molecule has 0 saturated carbocycles. The van der Waals surface area contributed by atoms with E-state index in [0.717, 1.165) is 0 Å². The quantitative estimate of drug-likeness (QED) is 0.312. The summed E-state index contributed by atoms with van der Waals surface area (Å²) in [4.78, 5) is 30.6. The first-order valence-electron chi connectivity index (χ1n) is 2.70. The third kappa shape index (κ3) is 1.12. The Balaban J connectivity index is 2.54. The number of esters is 1. The highest BCUT2D eigenvalue weighted by Gasteiger charge is 2.31. The van der Waals surface area contributed by atoms with E-state index in [9.17, 15) is 14.4 Å². The summed E-state index contributed by atoms with van der Waals surface area (Å²) >= 11 is 0. The highest BCUT2D eigenvalue weighted by Crippen LogP contribution is 2.01. The predicted molar refractivity (Wildman–Crippen MR) is 29.1 cm³/mol. The van der Waals surface area contributed by atoms with E-state index in [1.54, 1.807) is 0 Å². The van der Waals surface area contributed by atoms with Gasteiger partial charge in [0.1, 0.15) is 12.3 Å². The van der Waals surface area contributed by atoms with Crippen LogP contribution >= 0.6 is 0 Å². The van der Waals surface area contributed by atoms with Gasteiger partial charge in [-0.25, -0.2) is 9.59 Å². The van der Waals surface area contributed by atoms with Crippen LogP contribution in [0.5, 0.6) is 0 Å². The van der Waals surface area contributed by atoms with Gasteiger partial charge in [-0.3, -0.25) is 0 Å². The maximum absolute atomic E-state index is 10.5. The Labute approximate surface area is 56.3 Å². The van der Waals surface area contributed by atoms with Crippen molar-refractivity contribution < 1.29 is 19.1 Å². The fourth-order valence-corrected chi connectivity index (χ4v) is 0.645. The minimum atomic E-state index is -0.781. The summed E-state index contributed by atoms with van der Waals surface area (Å²) in [5.74, 6) is -0.683. The standard InChI is InChI=1S/C5H5NO4/c7-2-1-3-4(8)10-5(9)6-3/h2-3H,1H2,(H,6,9)/t3-/m0/s1. The highest BCUT2D eigenvalue weighted by atomic mass is 16.6. The van der Waals surface area contributed by atoms with Crippen LogP contribution in [0, 0.1) is 0 Å². The van der Waals surface area contributed by atoms with Crippen LogP contribution in [0.3, 0.4) is 0 Å². The zero-order valence-corrected chi connectivity index (χ0v) is 4.99. The number of nitrogens with one attached hydrogen (secondary N) is 1. The van der Waals surface area contributed by atoms with Gasteiger partial charge in [-0.05, 0) is 0 Å². The van der Waals surface area contributed by atoms with Crippen molar-refractivity contribution >= 4 is 18.3 Å². The first kappa shape index (κ1) is 6.73. The van der Waals surface area contributed by atoms with Crippen LogP contribution in [-0.2, 0) is 14.3 Å². The van der Waals surface area contributed by atoms with E-state index < -0.39 is 18.1 Å². The lowest BCUT2D eigenvalue weighted by molar-refractivity contribution is -0.136. The van der Waals surface area contributed by atoms with Crippen molar-refractivity contribution in [3.05, 3.63) is 0 Å². The van der Waals surface area contributed by atoms with E-state index in [1.165, 1.54) is 0 Å². The Bertz CT molecular complexity index is 188. The van der Waals surface area contributed by atoms with E-state index in [4.69, 9.17) is 0 Å². The second-order valence-corrected chi connectivity index (χ2v) is 1.81. The molecule has 1 amide bonds. The second-order valence-electron chi connectivity index (χ2n) is 1.81. The molecule has 0 spiro atoms. The summed E-state index contributed by atoms with van der Waals surface area (Å²) in [5, 5.41) is 2.16. The largest absolute Gasteiger partial charge is 0.415 e. The summed E-state index contributed by atoms with van der Waals surface area (Å²) < 4.78 is 4.08. The molecule has 54 valence electrons. The molecular formula is C5H5NO4. The van der Waals surface area contributed by atoms with Crippen LogP contribution in [0.1, 0.15) is 6.42 Å². The summed E-state index contributed by atoms with van der Waals surface area (Å²) in [5.41, 5.74) is 0. The molecule has 0 aliphatic carbocycles. The lowest BCUT2D eigenvalue weighted by Gasteiger charge is -1.95. The van der Waals surface area contributed by atoms with Crippen LogP contribution in [-0.4, -0.2) is 24.4 Å². The number of amides is 1. The molecule has 1 fully saturated rings. The highest BCUT2D eigenvalue weighted by molar-refractivity contribution is 5.96. The molecule has 5 heteroatoms. The summed E-state index contributed by atoms with van der Waals surface area (Å²) in [6.45, 7) is 0. The van der Waals surface area contributed by atoms with Crippen LogP contribution < -0.4 is 5.32 Å². The first-order valence-corrected chi connectivity index (χ1v) is 2.70. The van der Waals surface area contributed by atoms with Gasteiger partial charge < -0.3 is 14.8 Å². The van der Waals surface area contributed by atoms with Crippen molar-refractivity contribution in [2.24, 2.45) is 0 Å². The van der Waals surface area contributed by atoms with Gasteiger partial charge in [0.05, 0.1) is 0 Å². The van der Waals surface area contributed by atoms with Gasteiger partial charge in [0, 0.05) is 6.42 Å². The van der Waals surface area contributed by atoms with Gasteiger partial charge in [0.2, 0.25) is 0 Å². The monoisotopic (exact) mass is 143 g/mol. The number of alkyl carbamates (subject to hydrolysis) is 1. The Morgan fingerprint density at radius 3 is 2.70 bits per heavy atom. The molecule has 0 aromatic rings. The Morgan fingerprint density at radius 1 is 1.60 bits per heavy atom. The molecule has 1 heterocycles. The Hall–Kier alpha value is -1.39. The van der Waals surface area contributed by atoms with Gasteiger partial charge >= 0.3 is 12.1 Å². The fourth-order valence-electron chi connectivity index (χ4n) is 0.645. The van der Waals surface area contributed by atoms with Crippen molar-refractivity contribution in [2.75, 3.05) is 0 Å². The van der Waals surface area contributed by atoms with Crippen LogP contribution in [0.2, 0.25) is 0 Å². The fraction of sp³-hybridized carbons (Fsp3) is 0.400. The SMILES string of the molecule is O=CC[C@@H]1NC(=O)OC1=O. The maximum atomic E-state index is 10.5. The van der Waals surface area contributed by atoms with E-state index in [2.05, 4.69) is 10.1 Å². The predicted octanol–water partition coefficient (Wildman–Crippen LogP) is -0.790. The Kier molecular flexibility index (Phi) is 1.66. The topological polar surface area (TPSA) is 72.5 Å². The second kappa shape index (κ2) is 2.47. The number of cyclic esters (lactones) is 2. The third-order valence-electron chi connectivity index (χ3n) is 1.10. The molecule has 0 unspecified atom stereocenters. The molecule has 1 rings (SSSR count). The molecule has 0 aromatic heterocycles. The molecule has 0 radical (unpaired) electrons. The molecule has 10 heavy (non-hydrogen) atoms. The average Bonchev–Trinajstić information content (AvgIpc) is 2.13. The minimum absolute atomic E-state index is 0.0232. The van der Waals surface area contributed by atoms with Crippen molar-refractivity contribution in [1.29, 1.82) is 0 Å². The molecule has 5 nitrogen and oxygen atoms in total. The zero-order chi connectivity index (χ0) is 7.56. The molecule has 1 aliphatic heterocycles.